The quantitative estimate of drug-likeness (QED) is 0.868. The average Bonchev–Trinajstić information content (AvgIpc) is 2.30. The first-order valence-corrected chi connectivity index (χ1v) is 6.03. The molecule has 102 valence electrons. The number of likely N-dealkylation sites (N-methyl/N-ethyl adjacent to an activating group) is 1. The number of benzene rings is 1. The highest BCUT2D eigenvalue weighted by Crippen LogP contribution is 2.32. The number of rotatable bonds is 4. The molecule has 0 amide bonds. The molecule has 1 aromatic carbocycles. The van der Waals surface area contributed by atoms with Crippen LogP contribution >= 0.6 is 0 Å². The van der Waals surface area contributed by atoms with Gasteiger partial charge in [0, 0.05) is 18.3 Å². The van der Waals surface area contributed by atoms with Crippen LogP contribution in [0.15, 0.2) is 12.1 Å². The van der Waals surface area contributed by atoms with Gasteiger partial charge in [0.25, 0.3) is 0 Å². The van der Waals surface area contributed by atoms with E-state index in [-0.39, 0.29) is 12.4 Å². The number of halogens is 1. The van der Waals surface area contributed by atoms with Crippen molar-refractivity contribution in [3.63, 3.8) is 0 Å². The smallest absolute Gasteiger partial charge is 0.126 e. The van der Waals surface area contributed by atoms with Gasteiger partial charge in [0.2, 0.25) is 0 Å². The van der Waals surface area contributed by atoms with E-state index in [0.717, 1.165) is 5.69 Å². The van der Waals surface area contributed by atoms with Gasteiger partial charge in [-0.15, -0.1) is 0 Å². The molecule has 1 rings (SSSR count). The molecule has 0 bridgehead atoms. The van der Waals surface area contributed by atoms with E-state index in [1.165, 1.54) is 6.07 Å². The zero-order chi connectivity index (χ0) is 14.1. The van der Waals surface area contributed by atoms with Crippen LogP contribution in [0, 0.1) is 12.7 Å². The van der Waals surface area contributed by atoms with Gasteiger partial charge in [-0.3, -0.25) is 0 Å². The van der Waals surface area contributed by atoms with E-state index in [9.17, 15) is 14.6 Å². The molecule has 0 heterocycles. The lowest BCUT2D eigenvalue weighted by atomic mass is 9.99. The Balaban J connectivity index is 3.34. The van der Waals surface area contributed by atoms with Gasteiger partial charge in [0.1, 0.15) is 5.82 Å². The largest absolute Gasteiger partial charge is 0.394 e. The minimum absolute atomic E-state index is 0.0286. The molecule has 1 atom stereocenters. The van der Waals surface area contributed by atoms with Crippen molar-refractivity contribution in [1.29, 1.82) is 0 Å². The molecule has 1 aromatic rings. The summed E-state index contributed by atoms with van der Waals surface area (Å²) in [6, 6.07) is 3.06. The number of hydrogen-bond acceptors (Lipinski definition) is 3. The molecule has 18 heavy (non-hydrogen) atoms. The van der Waals surface area contributed by atoms with E-state index in [1.54, 1.807) is 19.9 Å². The fourth-order valence-corrected chi connectivity index (χ4v) is 1.74. The second-order valence-corrected chi connectivity index (χ2v) is 5.37. The summed E-state index contributed by atoms with van der Waals surface area (Å²) in [7, 11) is 1.83. The Bertz CT molecular complexity index is 430. The summed E-state index contributed by atoms with van der Waals surface area (Å²) in [6.07, 6.45) is -0.757. The fraction of sp³-hybridized carbons (Fsp3) is 0.571. The predicted molar refractivity (Wildman–Crippen MR) is 71.3 cm³/mol. The Hall–Kier alpha value is -1.13. The molecule has 0 aliphatic carbocycles. The van der Waals surface area contributed by atoms with Gasteiger partial charge in [-0.2, -0.15) is 0 Å². The molecule has 0 radical (unpaired) electrons. The highest BCUT2D eigenvalue weighted by Gasteiger charge is 2.26. The van der Waals surface area contributed by atoms with Crippen LogP contribution in [0.5, 0.6) is 0 Å². The van der Waals surface area contributed by atoms with E-state index in [2.05, 4.69) is 0 Å². The molecule has 0 spiro atoms. The molecule has 0 aromatic heterocycles. The Morgan fingerprint density at radius 3 is 2.39 bits per heavy atom. The Morgan fingerprint density at radius 2 is 1.94 bits per heavy atom. The number of aryl methyl sites for hydroxylation is 1. The van der Waals surface area contributed by atoms with Crippen molar-refractivity contribution >= 4 is 5.69 Å². The van der Waals surface area contributed by atoms with Crippen LogP contribution in [0.4, 0.5) is 10.1 Å². The zero-order valence-electron chi connectivity index (χ0n) is 11.7. The first-order chi connectivity index (χ1) is 8.20. The maximum atomic E-state index is 13.6. The molecule has 3 nitrogen and oxygen atoms in total. The lowest BCUT2D eigenvalue weighted by molar-refractivity contribution is 0.196. The van der Waals surface area contributed by atoms with E-state index in [4.69, 9.17) is 0 Å². The van der Waals surface area contributed by atoms with Crippen LogP contribution in [0.1, 0.15) is 38.0 Å². The molecule has 0 saturated carbocycles. The van der Waals surface area contributed by atoms with Crippen molar-refractivity contribution in [3.8, 4) is 0 Å². The second-order valence-electron chi connectivity index (χ2n) is 5.37. The first-order valence-electron chi connectivity index (χ1n) is 6.03. The molecule has 0 aliphatic rings. The monoisotopic (exact) mass is 255 g/mol. The Morgan fingerprint density at radius 1 is 1.39 bits per heavy atom. The first kappa shape index (κ1) is 14.9. The lowest BCUT2D eigenvalue weighted by Crippen LogP contribution is -2.45. The normalized spacial score (nSPS) is 13.6. The minimum Gasteiger partial charge on any atom is -0.394 e. The molecule has 2 N–H and O–H groups in total. The third-order valence-corrected chi connectivity index (χ3v) is 3.41. The second kappa shape index (κ2) is 5.24. The van der Waals surface area contributed by atoms with Crippen molar-refractivity contribution in [2.24, 2.45) is 0 Å². The van der Waals surface area contributed by atoms with Crippen molar-refractivity contribution in [1.82, 2.24) is 0 Å². The van der Waals surface area contributed by atoms with Crippen LogP contribution in [-0.2, 0) is 0 Å². The van der Waals surface area contributed by atoms with Crippen LogP contribution < -0.4 is 4.90 Å². The molecular weight excluding hydrogens is 233 g/mol. The molecule has 0 saturated heterocycles. The number of hydrogen-bond donors (Lipinski definition) is 2. The summed E-state index contributed by atoms with van der Waals surface area (Å²) in [4.78, 5) is 1.86. The number of nitrogens with zero attached hydrogens (tertiary/aromatic N) is 1. The molecule has 0 unspecified atom stereocenters. The average molecular weight is 255 g/mol. The van der Waals surface area contributed by atoms with Gasteiger partial charge in [-0.05, 0) is 45.4 Å². The summed E-state index contributed by atoms with van der Waals surface area (Å²) in [5.74, 6) is -0.329. The number of aliphatic hydroxyl groups excluding tert-OH is 2. The van der Waals surface area contributed by atoms with E-state index >= 15 is 0 Å². The standard InChI is InChI=1S/C14H22FNO2/c1-9-6-13(16(5)14(3,4)8-17)11(10(2)18)7-12(9)15/h6-7,10,17-18H,8H2,1-5H3/t10-/m1/s1. The van der Waals surface area contributed by atoms with Gasteiger partial charge in [-0.1, -0.05) is 0 Å². The van der Waals surface area contributed by atoms with Gasteiger partial charge >= 0.3 is 0 Å². The van der Waals surface area contributed by atoms with Crippen LogP contribution in [0.3, 0.4) is 0 Å². The predicted octanol–water partition coefficient (Wildman–Crippen LogP) is 2.39. The summed E-state index contributed by atoms with van der Waals surface area (Å²) in [5, 5.41) is 19.2. The van der Waals surface area contributed by atoms with Crippen LogP contribution in [0.2, 0.25) is 0 Å². The van der Waals surface area contributed by atoms with Gasteiger partial charge < -0.3 is 15.1 Å². The maximum absolute atomic E-state index is 13.6. The zero-order valence-corrected chi connectivity index (χ0v) is 11.7. The Labute approximate surface area is 108 Å². The van der Waals surface area contributed by atoms with E-state index in [1.807, 2.05) is 25.8 Å². The van der Waals surface area contributed by atoms with Crippen molar-refractivity contribution in [3.05, 3.63) is 29.1 Å². The maximum Gasteiger partial charge on any atom is 0.126 e. The van der Waals surface area contributed by atoms with Crippen LogP contribution in [-0.4, -0.2) is 29.4 Å². The summed E-state index contributed by atoms with van der Waals surface area (Å²) >= 11 is 0. The molecule has 0 aliphatic heterocycles. The number of aliphatic hydroxyl groups is 2. The SMILES string of the molecule is Cc1cc(N(C)C(C)(C)CO)c([C@@H](C)O)cc1F. The van der Waals surface area contributed by atoms with Gasteiger partial charge in [0.05, 0.1) is 18.2 Å². The molecule has 0 fully saturated rings. The third kappa shape index (κ3) is 2.82. The van der Waals surface area contributed by atoms with Crippen molar-refractivity contribution < 1.29 is 14.6 Å². The molecular formula is C14H22FNO2. The fourth-order valence-electron chi connectivity index (χ4n) is 1.74. The molecule has 4 heteroatoms. The summed E-state index contributed by atoms with van der Waals surface area (Å²) in [6.45, 7) is 7.03. The highest BCUT2D eigenvalue weighted by atomic mass is 19.1. The van der Waals surface area contributed by atoms with E-state index in [0.29, 0.717) is 11.1 Å². The van der Waals surface area contributed by atoms with E-state index < -0.39 is 11.6 Å². The van der Waals surface area contributed by atoms with Crippen molar-refractivity contribution in [2.45, 2.75) is 39.3 Å². The summed E-state index contributed by atoms with van der Waals surface area (Å²) < 4.78 is 13.6. The van der Waals surface area contributed by atoms with Gasteiger partial charge in [-0.25, -0.2) is 4.39 Å². The minimum atomic E-state index is -0.757. The summed E-state index contributed by atoms with van der Waals surface area (Å²) in [5.41, 5.74) is 1.31. The van der Waals surface area contributed by atoms with Crippen LogP contribution in [0.25, 0.3) is 0 Å². The Kier molecular flexibility index (Phi) is 4.35. The third-order valence-electron chi connectivity index (χ3n) is 3.41. The van der Waals surface area contributed by atoms with Gasteiger partial charge in [0.15, 0.2) is 0 Å². The topological polar surface area (TPSA) is 43.7 Å². The highest BCUT2D eigenvalue weighted by molar-refractivity contribution is 5.57. The lowest BCUT2D eigenvalue weighted by Gasteiger charge is -2.37. The van der Waals surface area contributed by atoms with Crippen molar-refractivity contribution in [2.75, 3.05) is 18.6 Å². The number of anilines is 1.